The Morgan fingerprint density at radius 2 is 2.09 bits per heavy atom. The highest BCUT2D eigenvalue weighted by Crippen LogP contribution is 2.45. The van der Waals surface area contributed by atoms with E-state index in [1.54, 1.807) is 12.1 Å². The number of phenolic OH excluding ortho intramolecular Hbond substituents is 1. The van der Waals surface area contributed by atoms with Crippen molar-refractivity contribution in [2.75, 3.05) is 0 Å². The van der Waals surface area contributed by atoms with Gasteiger partial charge in [0, 0.05) is 23.2 Å². The molecule has 3 rings (SSSR count). The lowest BCUT2D eigenvalue weighted by Gasteiger charge is -2.24. The van der Waals surface area contributed by atoms with Gasteiger partial charge in [0.15, 0.2) is 11.5 Å². The molecule has 1 aliphatic rings. The summed E-state index contributed by atoms with van der Waals surface area (Å²) in [6.07, 6.45) is -1.23. The van der Waals surface area contributed by atoms with Crippen LogP contribution in [0.5, 0.6) is 17.2 Å². The lowest BCUT2D eigenvalue weighted by atomic mass is 10.0. The lowest BCUT2D eigenvalue weighted by molar-refractivity contribution is -0.142. The van der Waals surface area contributed by atoms with E-state index >= 15 is 0 Å². The lowest BCUT2D eigenvalue weighted by Crippen LogP contribution is -2.34. The zero-order valence-electron chi connectivity index (χ0n) is 11.5. The Morgan fingerprint density at radius 3 is 2.83 bits per heavy atom. The van der Waals surface area contributed by atoms with E-state index in [4.69, 9.17) is 26.8 Å². The molecule has 2 aromatic rings. The van der Waals surface area contributed by atoms with Crippen LogP contribution in [0.25, 0.3) is 11.1 Å². The van der Waals surface area contributed by atoms with Crippen molar-refractivity contribution in [2.24, 2.45) is 5.73 Å². The number of phenols is 1. The van der Waals surface area contributed by atoms with Crippen LogP contribution in [-0.2, 0) is 4.79 Å². The minimum absolute atomic E-state index is 0.0160. The molecule has 0 saturated carbocycles. The van der Waals surface area contributed by atoms with Gasteiger partial charge in [-0.25, -0.2) is 9.18 Å². The molecule has 0 saturated heterocycles. The Bertz CT molecular complexity index is 872. The number of hydrogen-bond donors (Lipinski definition) is 2. The molecule has 116 valence electrons. The third-order valence-electron chi connectivity index (χ3n) is 3.16. The molecule has 0 aromatic heterocycles. The number of fused-ring (bicyclic) bond motifs is 1. The number of aromatic hydroxyl groups is 1. The van der Waals surface area contributed by atoms with Gasteiger partial charge in [-0.2, -0.15) is 0 Å². The van der Waals surface area contributed by atoms with Crippen LogP contribution in [-0.4, -0.2) is 17.2 Å². The summed E-state index contributed by atoms with van der Waals surface area (Å²) in [5.74, 6) is 0.716. The van der Waals surface area contributed by atoms with E-state index in [0.29, 0.717) is 5.56 Å². The van der Waals surface area contributed by atoms with Gasteiger partial charge in [0.2, 0.25) is 0 Å². The first-order valence-corrected chi connectivity index (χ1v) is 6.80. The van der Waals surface area contributed by atoms with Crippen LogP contribution in [0.3, 0.4) is 0 Å². The van der Waals surface area contributed by atoms with Gasteiger partial charge in [-0.3, -0.25) is 0 Å². The Labute approximate surface area is 135 Å². The second kappa shape index (κ2) is 5.71. The molecule has 23 heavy (non-hydrogen) atoms. The molecule has 7 heteroatoms. The topological polar surface area (TPSA) is 81.8 Å². The van der Waals surface area contributed by atoms with Crippen LogP contribution in [0.1, 0.15) is 0 Å². The fourth-order valence-electron chi connectivity index (χ4n) is 2.19. The van der Waals surface area contributed by atoms with Crippen molar-refractivity contribution in [3.05, 3.63) is 41.2 Å². The Balaban J connectivity index is 2.21. The van der Waals surface area contributed by atoms with Crippen LogP contribution in [0.2, 0.25) is 5.02 Å². The van der Waals surface area contributed by atoms with Gasteiger partial charge >= 0.3 is 5.97 Å². The summed E-state index contributed by atoms with van der Waals surface area (Å²) in [4.78, 5) is 11.7. The summed E-state index contributed by atoms with van der Waals surface area (Å²) >= 11 is 6.07. The van der Waals surface area contributed by atoms with Gasteiger partial charge in [0.05, 0.1) is 5.02 Å². The van der Waals surface area contributed by atoms with E-state index in [1.807, 2.05) is 0 Å². The van der Waals surface area contributed by atoms with E-state index < -0.39 is 17.9 Å². The summed E-state index contributed by atoms with van der Waals surface area (Å²) in [7, 11) is 0. The molecule has 0 fully saturated rings. The third-order valence-corrected chi connectivity index (χ3v) is 3.56. The molecule has 0 radical (unpaired) electrons. The first kappa shape index (κ1) is 15.0. The molecule has 0 amide bonds. The first-order chi connectivity index (χ1) is 11.0. The Kier molecular flexibility index (Phi) is 3.72. The monoisotopic (exact) mass is 333 g/mol. The molecule has 1 aliphatic heterocycles. The van der Waals surface area contributed by atoms with Crippen LogP contribution in [0.4, 0.5) is 4.39 Å². The van der Waals surface area contributed by atoms with Gasteiger partial charge in [-0.05, 0) is 18.1 Å². The van der Waals surface area contributed by atoms with Crippen LogP contribution >= 0.6 is 11.6 Å². The number of benzene rings is 2. The minimum atomic E-state index is -1.23. The standard InChI is InChI=1S/C16H9ClFNO4/c17-14-9(2-1-3-11(14)20)10-6-8(18)7-13-15(10)22-12(4-5-19)16(21)23-13/h1-3,6-7,12,20H,19H2/t12-/m0/s1. The van der Waals surface area contributed by atoms with Crippen molar-refractivity contribution in [3.63, 3.8) is 0 Å². The number of hydrogen-bond acceptors (Lipinski definition) is 5. The molecule has 2 aromatic carbocycles. The zero-order valence-corrected chi connectivity index (χ0v) is 12.2. The van der Waals surface area contributed by atoms with E-state index in [2.05, 4.69) is 12.0 Å². The number of nitrogens with two attached hydrogens (primary N) is 1. The van der Waals surface area contributed by atoms with Crippen molar-refractivity contribution in [1.82, 2.24) is 0 Å². The predicted octanol–water partition coefficient (Wildman–Crippen LogP) is 2.44. The van der Waals surface area contributed by atoms with Gasteiger partial charge in [0.1, 0.15) is 11.6 Å². The van der Waals surface area contributed by atoms with Crippen LogP contribution < -0.4 is 15.2 Å². The number of carbonyl (C=O) groups excluding carboxylic acids is 1. The molecule has 1 atom stereocenters. The highest BCUT2D eigenvalue weighted by Gasteiger charge is 2.32. The summed E-state index contributed by atoms with van der Waals surface area (Å²) in [6.45, 7) is 0. The molecule has 0 bridgehead atoms. The molecule has 1 heterocycles. The van der Waals surface area contributed by atoms with Gasteiger partial charge < -0.3 is 20.3 Å². The number of rotatable bonds is 1. The number of ether oxygens (including phenoxy) is 2. The van der Waals surface area contributed by atoms with Gasteiger partial charge in [0.25, 0.3) is 6.10 Å². The van der Waals surface area contributed by atoms with Crippen LogP contribution in [0.15, 0.2) is 30.3 Å². The van der Waals surface area contributed by atoms with Crippen molar-refractivity contribution in [2.45, 2.75) is 6.10 Å². The quantitative estimate of drug-likeness (QED) is 0.362. The molecular formula is C16H9ClFNO4. The first-order valence-electron chi connectivity index (χ1n) is 6.42. The summed E-state index contributed by atoms with van der Waals surface area (Å²) in [5.41, 5.74) is 5.63. The van der Waals surface area contributed by atoms with Gasteiger partial charge in [-0.1, -0.05) is 23.7 Å². The van der Waals surface area contributed by atoms with Crippen molar-refractivity contribution in [3.8, 4) is 40.3 Å². The van der Waals surface area contributed by atoms with Crippen molar-refractivity contribution in [1.29, 1.82) is 0 Å². The highest BCUT2D eigenvalue weighted by atomic mass is 35.5. The summed E-state index contributed by atoms with van der Waals surface area (Å²) in [5, 5.41) is 9.74. The largest absolute Gasteiger partial charge is 0.506 e. The Hall–Kier alpha value is -2.91. The molecule has 3 N–H and O–H groups in total. The molecule has 5 nitrogen and oxygen atoms in total. The fraction of sp³-hybridized carbons (Fsp3) is 0.0625. The molecule has 0 spiro atoms. The smallest absolute Gasteiger partial charge is 0.365 e. The second-order valence-electron chi connectivity index (χ2n) is 4.63. The van der Waals surface area contributed by atoms with E-state index in [1.165, 1.54) is 6.07 Å². The summed E-state index contributed by atoms with van der Waals surface area (Å²) in [6, 6.07) is 8.75. The van der Waals surface area contributed by atoms with Crippen molar-refractivity contribution >= 4 is 17.6 Å². The number of carbonyl (C=O) groups is 1. The van der Waals surface area contributed by atoms with E-state index in [0.717, 1.165) is 12.1 Å². The maximum Gasteiger partial charge on any atom is 0.365 e. The molecule has 0 unspecified atom stereocenters. The SMILES string of the molecule is NC#C[C@@H]1Oc2c(cc(F)cc2-c2cccc(O)c2Cl)OC1=O. The Morgan fingerprint density at radius 1 is 1.30 bits per heavy atom. The average molecular weight is 334 g/mol. The van der Waals surface area contributed by atoms with Crippen LogP contribution in [0, 0.1) is 17.8 Å². The fourth-order valence-corrected chi connectivity index (χ4v) is 2.41. The third kappa shape index (κ3) is 2.62. The maximum absolute atomic E-state index is 13.8. The second-order valence-corrected chi connectivity index (χ2v) is 5.00. The number of esters is 1. The van der Waals surface area contributed by atoms with E-state index in [9.17, 15) is 14.3 Å². The normalized spacial score (nSPS) is 15.7. The van der Waals surface area contributed by atoms with E-state index in [-0.39, 0.29) is 27.8 Å². The predicted molar refractivity (Wildman–Crippen MR) is 80.5 cm³/mol. The maximum atomic E-state index is 13.8. The number of halogens is 2. The van der Waals surface area contributed by atoms with Gasteiger partial charge in [-0.15, -0.1) is 0 Å². The molecule has 0 aliphatic carbocycles. The zero-order chi connectivity index (χ0) is 16.6. The highest BCUT2D eigenvalue weighted by molar-refractivity contribution is 6.34. The molecular weight excluding hydrogens is 325 g/mol. The summed E-state index contributed by atoms with van der Waals surface area (Å²) < 4.78 is 24.4. The minimum Gasteiger partial charge on any atom is -0.506 e. The average Bonchev–Trinajstić information content (AvgIpc) is 2.51. The van der Waals surface area contributed by atoms with Crippen molar-refractivity contribution < 1.29 is 23.8 Å².